The topological polar surface area (TPSA) is 35.2 Å². The van der Waals surface area contributed by atoms with Crippen molar-refractivity contribution in [1.82, 2.24) is 0 Å². The van der Waals surface area contributed by atoms with Crippen molar-refractivity contribution in [2.24, 2.45) is 11.7 Å². The molecule has 0 radical (unpaired) electrons. The zero-order valence-electron chi connectivity index (χ0n) is 10.9. The van der Waals surface area contributed by atoms with E-state index in [-0.39, 0.29) is 6.04 Å². The highest BCUT2D eigenvalue weighted by molar-refractivity contribution is 5.44. The molecule has 1 atom stereocenters. The van der Waals surface area contributed by atoms with Gasteiger partial charge in [-0.3, -0.25) is 0 Å². The fourth-order valence-corrected chi connectivity index (χ4v) is 2.73. The van der Waals surface area contributed by atoms with Crippen LogP contribution in [0.4, 0.5) is 0 Å². The molecule has 2 rings (SSSR count). The molecule has 1 aliphatic rings. The minimum absolute atomic E-state index is 0.109. The smallest absolute Gasteiger partial charge is 0.127 e. The fourth-order valence-electron chi connectivity index (χ4n) is 2.73. The summed E-state index contributed by atoms with van der Waals surface area (Å²) in [7, 11) is 0. The van der Waals surface area contributed by atoms with Crippen LogP contribution in [-0.4, -0.2) is 6.61 Å². The first-order valence-electron chi connectivity index (χ1n) is 6.78. The summed E-state index contributed by atoms with van der Waals surface area (Å²) >= 11 is 0. The van der Waals surface area contributed by atoms with E-state index < -0.39 is 0 Å². The van der Waals surface area contributed by atoms with Crippen LogP contribution in [0.15, 0.2) is 18.2 Å². The molecule has 1 unspecified atom stereocenters. The molecule has 0 spiro atoms. The van der Waals surface area contributed by atoms with Crippen molar-refractivity contribution in [2.45, 2.75) is 45.6 Å². The average Bonchev–Trinajstić information content (AvgIpc) is 2.39. The summed E-state index contributed by atoms with van der Waals surface area (Å²) < 4.78 is 5.83. The Bertz CT molecular complexity index is 371. The Balaban J connectivity index is 2.31. The van der Waals surface area contributed by atoms with E-state index in [1.54, 1.807) is 0 Å². The van der Waals surface area contributed by atoms with E-state index in [1.807, 2.05) is 0 Å². The molecule has 2 heteroatoms. The fraction of sp³-hybridized carbons (Fsp3) is 0.600. The van der Waals surface area contributed by atoms with E-state index in [1.165, 1.54) is 11.1 Å². The number of fused-ring (bicyclic) bond motifs is 1. The van der Waals surface area contributed by atoms with E-state index in [2.05, 4.69) is 32.0 Å². The average molecular weight is 233 g/mol. The van der Waals surface area contributed by atoms with Crippen LogP contribution in [0.3, 0.4) is 0 Å². The van der Waals surface area contributed by atoms with Gasteiger partial charge in [0.25, 0.3) is 0 Å². The molecule has 1 aromatic carbocycles. The lowest BCUT2D eigenvalue weighted by Gasteiger charge is -2.27. The maximum Gasteiger partial charge on any atom is 0.127 e. The van der Waals surface area contributed by atoms with E-state index in [9.17, 15) is 0 Å². The molecule has 0 aromatic heterocycles. The van der Waals surface area contributed by atoms with Gasteiger partial charge < -0.3 is 10.5 Å². The van der Waals surface area contributed by atoms with Crippen molar-refractivity contribution in [3.05, 3.63) is 29.3 Å². The predicted octanol–water partition coefficient (Wildman–Crippen LogP) is 3.45. The van der Waals surface area contributed by atoms with Gasteiger partial charge in [0.2, 0.25) is 0 Å². The van der Waals surface area contributed by atoms with Crippen LogP contribution in [0.2, 0.25) is 0 Å². The third kappa shape index (κ3) is 2.47. The first-order valence-corrected chi connectivity index (χ1v) is 6.78. The van der Waals surface area contributed by atoms with Crippen LogP contribution in [0.25, 0.3) is 0 Å². The molecule has 0 saturated heterocycles. The second-order valence-electron chi connectivity index (χ2n) is 4.89. The van der Waals surface area contributed by atoms with Gasteiger partial charge in [-0.1, -0.05) is 44.9 Å². The molecular formula is C15H23NO. The number of aryl methyl sites for hydroxylation is 1. The maximum absolute atomic E-state index is 6.40. The SMILES string of the molecule is CCC(CC)C(N)c1cccc2c1OCCC2. The lowest BCUT2D eigenvalue weighted by molar-refractivity contribution is 0.278. The summed E-state index contributed by atoms with van der Waals surface area (Å²) in [5.41, 5.74) is 8.94. The van der Waals surface area contributed by atoms with Gasteiger partial charge in [-0.25, -0.2) is 0 Å². The normalized spacial score (nSPS) is 16.5. The van der Waals surface area contributed by atoms with Gasteiger partial charge in [0.05, 0.1) is 6.61 Å². The van der Waals surface area contributed by atoms with Crippen molar-refractivity contribution in [1.29, 1.82) is 0 Å². The molecule has 2 N–H and O–H groups in total. The van der Waals surface area contributed by atoms with Gasteiger partial charge in [0.15, 0.2) is 0 Å². The zero-order chi connectivity index (χ0) is 12.3. The minimum atomic E-state index is 0.109. The standard InChI is InChI=1S/C15H23NO/c1-3-11(4-2)14(16)13-9-5-7-12-8-6-10-17-15(12)13/h5,7,9,11,14H,3-4,6,8,10,16H2,1-2H3. The Hall–Kier alpha value is -1.02. The van der Waals surface area contributed by atoms with Gasteiger partial charge >= 0.3 is 0 Å². The Morgan fingerprint density at radius 2 is 2.06 bits per heavy atom. The van der Waals surface area contributed by atoms with E-state index >= 15 is 0 Å². The summed E-state index contributed by atoms with van der Waals surface area (Å²) in [5.74, 6) is 1.62. The molecule has 0 aliphatic carbocycles. The molecule has 0 fully saturated rings. The van der Waals surface area contributed by atoms with Crippen molar-refractivity contribution in [3.8, 4) is 5.75 Å². The lowest BCUT2D eigenvalue weighted by atomic mass is 9.87. The minimum Gasteiger partial charge on any atom is -0.493 e. The summed E-state index contributed by atoms with van der Waals surface area (Å²) in [4.78, 5) is 0. The number of hydrogen-bond acceptors (Lipinski definition) is 2. The third-order valence-electron chi connectivity index (χ3n) is 3.88. The number of nitrogens with two attached hydrogens (primary N) is 1. The van der Waals surface area contributed by atoms with Gasteiger partial charge in [-0.2, -0.15) is 0 Å². The number of hydrogen-bond donors (Lipinski definition) is 1. The molecule has 2 nitrogen and oxygen atoms in total. The first-order chi connectivity index (χ1) is 8.27. The molecule has 0 amide bonds. The van der Waals surface area contributed by atoms with E-state index in [0.717, 1.165) is 38.0 Å². The molecule has 1 aliphatic heterocycles. The molecule has 0 saturated carbocycles. The highest BCUT2D eigenvalue weighted by atomic mass is 16.5. The van der Waals surface area contributed by atoms with Crippen molar-refractivity contribution >= 4 is 0 Å². The highest BCUT2D eigenvalue weighted by Gasteiger charge is 2.22. The van der Waals surface area contributed by atoms with Crippen LogP contribution < -0.4 is 10.5 Å². The monoisotopic (exact) mass is 233 g/mol. The summed E-state index contributed by atoms with van der Waals surface area (Å²) in [6, 6.07) is 6.52. The lowest BCUT2D eigenvalue weighted by Crippen LogP contribution is -2.22. The van der Waals surface area contributed by atoms with Crippen molar-refractivity contribution < 1.29 is 4.74 Å². The third-order valence-corrected chi connectivity index (χ3v) is 3.88. The van der Waals surface area contributed by atoms with Gasteiger partial charge in [0.1, 0.15) is 5.75 Å². The summed E-state index contributed by atoms with van der Waals surface area (Å²) in [5, 5.41) is 0. The van der Waals surface area contributed by atoms with Gasteiger partial charge in [-0.15, -0.1) is 0 Å². The van der Waals surface area contributed by atoms with Crippen LogP contribution in [0, 0.1) is 5.92 Å². The number of rotatable bonds is 4. The highest BCUT2D eigenvalue weighted by Crippen LogP contribution is 2.36. The zero-order valence-corrected chi connectivity index (χ0v) is 10.9. The molecule has 1 aromatic rings. The second kappa shape index (κ2) is 5.54. The molecule has 0 bridgehead atoms. The number of para-hydroxylation sites is 1. The predicted molar refractivity (Wildman–Crippen MR) is 71.3 cm³/mol. The second-order valence-corrected chi connectivity index (χ2v) is 4.89. The Morgan fingerprint density at radius 3 is 2.76 bits per heavy atom. The van der Waals surface area contributed by atoms with Crippen molar-refractivity contribution in [3.63, 3.8) is 0 Å². The molecule has 1 heterocycles. The quantitative estimate of drug-likeness (QED) is 0.864. The van der Waals surface area contributed by atoms with Gasteiger partial charge in [-0.05, 0) is 24.3 Å². The Labute approximate surface area is 104 Å². The van der Waals surface area contributed by atoms with Crippen LogP contribution in [-0.2, 0) is 6.42 Å². The number of ether oxygens (including phenoxy) is 1. The van der Waals surface area contributed by atoms with Crippen LogP contribution in [0.5, 0.6) is 5.75 Å². The Kier molecular flexibility index (Phi) is 4.06. The Morgan fingerprint density at radius 1 is 1.29 bits per heavy atom. The van der Waals surface area contributed by atoms with E-state index in [4.69, 9.17) is 10.5 Å². The van der Waals surface area contributed by atoms with Crippen LogP contribution in [0.1, 0.15) is 50.3 Å². The molecule has 94 valence electrons. The van der Waals surface area contributed by atoms with Gasteiger partial charge in [0, 0.05) is 11.6 Å². The molecule has 17 heavy (non-hydrogen) atoms. The maximum atomic E-state index is 6.40. The van der Waals surface area contributed by atoms with E-state index in [0.29, 0.717) is 5.92 Å². The van der Waals surface area contributed by atoms with Crippen molar-refractivity contribution in [2.75, 3.05) is 6.61 Å². The first kappa shape index (κ1) is 12.4. The summed E-state index contributed by atoms with van der Waals surface area (Å²) in [6.07, 6.45) is 4.50. The summed E-state index contributed by atoms with van der Waals surface area (Å²) in [6.45, 7) is 5.26. The van der Waals surface area contributed by atoms with Crippen LogP contribution >= 0.6 is 0 Å². The number of benzene rings is 1. The largest absolute Gasteiger partial charge is 0.493 e. The molecular weight excluding hydrogens is 210 g/mol.